The number of nitrogens with zero attached hydrogens (tertiary/aromatic N) is 2. The molecule has 0 radical (unpaired) electrons. The van der Waals surface area contributed by atoms with Crippen molar-refractivity contribution >= 4 is 66.3 Å². The molecule has 3 heterocycles. The molecule has 9 nitrogen and oxygen atoms in total. The van der Waals surface area contributed by atoms with Crippen LogP contribution in [0, 0.1) is 5.92 Å². The van der Waals surface area contributed by atoms with Gasteiger partial charge in [0.05, 0.1) is 0 Å². The summed E-state index contributed by atoms with van der Waals surface area (Å²) in [5.41, 5.74) is 2.71. The summed E-state index contributed by atoms with van der Waals surface area (Å²) in [6, 6.07) is 12.4. The fourth-order valence-electron chi connectivity index (χ4n) is 4.94. The number of ketones is 1. The van der Waals surface area contributed by atoms with Gasteiger partial charge in [0.1, 0.15) is 0 Å². The van der Waals surface area contributed by atoms with Crippen LogP contribution in [0.5, 0.6) is 11.5 Å². The molecule has 3 aromatic rings. The number of anilines is 1. The van der Waals surface area contributed by atoms with Crippen LogP contribution in [0.2, 0.25) is 0 Å². The Morgan fingerprint density at radius 2 is 1.61 bits per heavy atom. The first-order valence-electron chi connectivity index (χ1n) is 13.6. The first-order chi connectivity index (χ1) is 20.0. The van der Waals surface area contributed by atoms with Crippen molar-refractivity contribution in [2.75, 3.05) is 64.8 Å². The standard InChI is InChI=1S/C30H33N2O7SeTe/c1-31-21-5-3-4-6-25(21)40-27(31)15-19-29(33)20(30(19)34)16-28-32(2)22-17-23-24(18-26(22)41-28)39-14-12-37-10-8-35-7-9-36-11-13-38-23/h3-6,15-19,29,33H,7-14H2,1-2H3/q+1/b20-16+,27-15-. The SMILES string of the molecule is CN1/C(=C/C2C(=O)/C(=C/c3[te]c4cc5c(cc4[n+]3C)OCCOCCOCCOCCO5)C2O)[Se]c2ccccc21. The molecular formula is C30H33N2O7SeTe+. The molecule has 1 aromatic heterocycles. The molecule has 6 rings (SSSR count). The molecule has 1 saturated carbocycles. The number of aryl methyl sites for hydroxylation is 1. The predicted octanol–water partition coefficient (Wildman–Crippen LogP) is 0.806. The normalized spacial score (nSPS) is 24.3. The number of Topliss-reactive ketones (excluding diaryl/α,β-unsaturated/α-hetero) is 1. The van der Waals surface area contributed by atoms with Crippen molar-refractivity contribution in [1.29, 1.82) is 0 Å². The number of hydrogen-bond acceptors (Lipinski definition) is 8. The van der Waals surface area contributed by atoms with E-state index in [4.69, 9.17) is 23.7 Å². The molecule has 216 valence electrons. The summed E-state index contributed by atoms with van der Waals surface area (Å²) >= 11 is -0.682. The Morgan fingerprint density at radius 1 is 0.976 bits per heavy atom. The van der Waals surface area contributed by atoms with Crippen LogP contribution < -0.4 is 23.4 Å². The maximum absolute atomic E-state index is 13.2. The number of hydrogen-bond donors (Lipinski definition) is 1. The van der Waals surface area contributed by atoms with Crippen molar-refractivity contribution in [3.8, 4) is 11.5 Å². The third-order valence-electron chi connectivity index (χ3n) is 7.27. The molecule has 2 unspecified atom stereocenters. The van der Waals surface area contributed by atoms with Gasteiger partial charge in [-0.3, -0.25) is 0 Å². The van der Waals surface area contributed by atoms with Gasteiger partial charge in [0.2, 0.25) is 0 Å². The number of para-hydroxylation sites is 1. The molecule has 2 atom stereocenters. The van der Waals surface area contributed by atoms with Gasteiger partial charge >= 0.3 is 256 Å². The first kappa shape index (κ1) is 28.9. The number of rotatable bonds is 2. The second-order valence-electron chi connectivity index (χ2n) is 9.87. The number of benzene rings is 2. The Labute approximate surface area is 255 Å². The van der Waals surface area contributed by atoms with Crippen LogP contribution in [-0.4, -0.2) is 112 Å². The van der Waals surface area contributed by atoms with Crippen LogP contribution in [0.4, 0.5) is 5.69 Å². The van der Waals surface area contributed by atoms with Crippen molar-refractivity contribution < 1.29 is 38.2 Å². The van der Waals surface area contributed by atoms with E-state index in [2.05, 4.69) is 27.7 Å². The minimum atomic E-state index is -0.808. The summed E-state index contributed by atoms with van der Waals surface area (Å²) in [5, 5.41) is 11.0. The molecule has 1 aliphatic carbocycles. The fraction of sp³-hybridized carbons (Fsp3) is 0.400. The zero-order valence-electron chi connectivity index (χ0n) is 23.0. The van der Waals surface area contributed by atoms with Crippen molar-refractivity contribution in [2.24, 2.45) is 13.0 Å². The molecule has 11 heteroatoms. The van der Waals surface area contributed by atoms with Crippen molar-refractivity contribution in [3.63, 3.8) is 0 Å². The summed E-state index contributed by atoms with van der Waals surface area (Å²) < 4.78 is 35.6. The summed E-state index contributed by atoms with van der Waals surface area (Å²) in [5.74, 6) is 0.838. The first-order valence-corrected chi connectivity index (χ1v) is 17.7. The van der Waals surface area contributed by atoms with E-state index in [9.17, 15) is 9.90 Å². The molecule has 1 N–H and O–H groups in total. The molecule has 2 aromatic carbocycles. The van der Waals surface area contributed by atoms with Crippen LogP contribution in [0.1, 0.15) is 3.71 Å². The van der Waals surface area contributed by atoms with Gasteiger partial charge in [0.15, 0.2) is 0 Å². The summed E-state index contributed by atoms with van der Waals surface area (Å²) in [7, 11) is 4.03. The molecule has 41 heavy (non-hydrogen) atoms. The van der Waals surface area contributed by atoms with Crippen LogP contribution >= 0.6 is 0 Å². The summed E-state index contributed by atoms with van der Waals surface area (Å²) in [6.07, 6.45) is 3.08. The number of fused-ring (bicyclic) bond motifs is 3. The zero-order valence-corrected chi connectivity index (χ0v) is 27.1. The average molecular weight is 740 g/mol. The van der Waals surface area contributed by atoms with Gasteiger partial charge in [-0.1, -0.05) is 0 Å². The van der Waals surface area contributed by atoms with Crippen LogP contribution in [-0.2, 0) is 26.1 Å². The van der Waals surface area contributed by atoms with Crippen LogP contribution in [0.25, 0.3) is 15.0 Å². The minimum absolute atomic E-state index is 0.001000. The Hall–Kier alpha value is -2.19. The molecule has 2 aliphatic heterocycles. The molecular weight excluding hydrogens is 707 g/mol. The molecule has 3 aliphatic rings. The summed E-state index contributed by atoms with van der Waals surface area (Å²) in [6.45, 7) is 3.76. The van der Waals surface area contributed by atoms with Gasteiger partial charge in [-0.2, -0.15) is 0 Å². The second kappa shape index (κ2) is 13.0. The Bertz CT molecular complexity index is 1500. The second-order valence-corrected chi connectivity index (χ2v) is 15.1. The van der Waals surface area contributed by atoms with E-state index >= 15 is 0 Å². The van der Waals surface area contributed by atoms with Crippen molar-refractivity contribution in [3.05, 3.63) is 56.4 Å². The van der Waals surface area contributed by atoms with Crippen molar-refractivity contribution in [1.82, 2.24) is 0 Å². The molecule has 0 amide bonds. The molecule has 1 fully saturated rings. The molecule has 0 spiro atoms. The zero-order chi connectivity index (χ0) is 28.3. The van der Waals surface area contributed by atoms with Crippen LogP contribution in [0.3, 0.4) is 0 Å². The van der Waals surface area contributed by atoms with E-state index in [0.29, 0.717) is 69.9 Å². The van der Waals surface area contributed by atoms with Crippen molar-refractivity contribution in [2.45, 2.75) is 6.10 Å². The average Bonchev–Trinajstić information content (AvgIpc) is 3.46. The third-order valence-corrected chi connectivity index (χ3v) is 13.0. The number of carbonyl (C=O) groups excluding carboxylic acids is 1. The van der Waals surface area contributed by atoms with E-state index in [1.165, 1.54) is 13.6 Å². The Morgan fingerprint density at radius 3 is 2.27 bits per heavy atom. The van der Waals surface area contributed by atoms with Gasteiger partial charge in [-0.05, 0) is 0 Å². The third kappa shape index (κ3) is 6.15. The maximum atomic E-state index is 13.2. The number of aliphatic hydroxyl groups is 1. The molecule has 0 saturated heterocycles. The number of ether oxygens (including phenoxy) is 5. The molecule has 0 bridgehead atoms. The Balaban J connectivity index is 1.21. The van der Waals surface area contributed by atoms with E-state index in [1.54, 1.807) is 0 Å². The van der Waals surface area contributed by atoms with E-state index in [1.807, 2.05) is 44.4 Å². The number of carbonyl (C=O) groups is 1. The quantitative estimate of drug-likeness (QED) is 0.235. The van der Waals surface area contributed by atoms with E-state index in [0.717, 1.165) is 13.8 Å². The van der Waals surface area contributed by atoms with E-state index < -0.39 is 32.5 Å². The topological polar surface area (TPSA) is 90.6 Å². The van der Waals surface area contributed by atoms with Crippen LogP contribution in [0.15, 0.2) is 52.6 Å². The fourth-order valence-corrected chi connectivity index (χ4v) is 10.5. The van der Waals surface area contributed by atoms with Gasteiger partial charge < -0.3 is 0 Å². The van der Waals surface area contributed by atoms with E-state index in [-0.39, 0.29) is 20.7 Å². The number of aliphatic hydroxyl groups excluding tert-OH is 1. The summed E-state index contributed by atoms with van der Waals surface area (Å²) in [4.78, 5) is 15.4. The van der Waals surface area contributed by atoms with Gasteiger partial charge in [0, 0.05) is 0 Å². The van der Waals surface area contributed by atoms with Gasteiger partial charge in [-0.15, -0.1) is 0 Å². The van der Waals surface area contributed by atoms with Gasteiger partial charge in [-0.25, -0.2) is 0 Å². The predicted molar refractivity (Wildman–Crippen MR) is 156 cm³/mol. The number of aromatic nitrogens is 1. The Kier molecular flexibility index (Phi) is 9.16. The monoisotopic (exact) mass is 743 g/mol. The van der Waals surface area contributed by atoms with Gasteiger partial charge in [0.25, 0.3) is 0 Å².